The molecule has 0 saturated carbocycles. The van der Waals surface area contributed by atoms with Crippen LogP contribution in [0, 0.1) is 5.92 Å². The second-order valence-corrected chi connectivity index (χ2v) is 22.9. The van der Waals surface area contributed by atoms with E-state index in [1.165, 1.54) is 44.1 Å². The Kier molecular flexibility index (Phi) is 14.9. The minimum absolute atomic E-state index is 0.331. The number of ether oxygens (including phenoxy) is 2. The quantitative estimate of drug-likeness (QED) is 0.0907. The van der Waals surface area contributed by atoms with Crippen molar-refractivity contribution in [1.29, 1.82) is 0 Å². The van der Waals surface area contributed by atoms with Crippen LogP contribution in [0.25, 0.3) is 0 Å². The third kappa shape index (κ3) is 10.4. The zero-order valence-electron chi connectivity index (χ0n) is 19.8. The Balaban J connectivity index is 2.73. The van der Waals surface area contributed by atoms with Gasteiger partial charge in [-0.2, -0.15) is 0 Å². The van der Waals surface area contributed by atoms with Crippen molar-refractivity contribution in [1.82, 2.24) is 0 Å². The Morgan fingerprint density at radius 2 is 1.41 bits per heavy atom. The van der Waals surface area contributed by atoms with Gasteiger partial charge in [0, 0.05) is 0 Å². The van der Waals surface area contributed by atoms with Gasteiger partial charge in [-0.25, -0.2) is 0 Å². The maximum absolute atomic E-state index is 5.78. The fraction of sp³-hybridized carbons (Fsp3) is 0.692. The van der Waals surface area contributed by atoms with Crippen molar-refractivity contribution >= 4 is 18.4 Å². The molecule has 1 aromatic rings. The fourth-order valence-corrected chi connectivity index (χ4v) is 24.0. The van der Waals surface area contributed by atoms with E-state index in [0.29, 0.717) is 19.3 Å². The van der Waals surface area contributed by atoms with E-state index in [-0.39, 0.29) is 0 Å². The second kappa shape index (κ2) is 16.2. The number of allylic oxidation sites excluding steroid dienone is 1. The van der Waals surface area contributed by atoms with Crippen molar-refractivity contribution in [2.45, 2.75) is 97.0 Å². The molecule has 0 bridgehead atoms. The van der Waals surface area contributed by atoms with Gasteiger partial charge in [-0.15, -0.1) is 0 Å². The summed E-state index contributed by atoms with van der Waals surface area (Å²) in [6.07, 6.45) is 12.6. The first-order valence-corrected chi connectivity index (χ1v) is 19.7. The summed E-state index contributed by atoms with van der Waals surface area (Å²) in [5, 5.41) is 0. The molecule has 0 aliphatic carbocycles. The van der Waals surface area contributed by atoms with Crippen LogP contribution >= 0.6 is 0 Å². The molecule has 3 heteroatoms. The molecular formula is C26H46O2Sn. The Morgan fingerprint density at radius 1 is 0.862 bits per heavy atom. The van der Waals surface area contributed by atoms with Crippen LogP contribution in [0.5, 0.6) is 0 Å². The van der Waals surface area contributed by atoms with E-state index in [2.05, 4.69) is 52.8 Å². The monoisotopic (exact) mass is 510 g/mol. The molecule has 0 aliphatic rings. The van der Waals surface area contributed by atoms with E-state index in [1.54, 1.807) is 13.3 Å². The molecule has 0 aliphatic heterocycles. The number of hydrogen-bond acceptors (Lipinski definition) is 2. The molecule has 0 spiro atoms. The molecule has 166 valence electrons. The molecular weight excluding hydrogens is 463 g/mol. The number of benzene rings is 1. The van der Waals surface area contributed by atoms with E-state index in [1.807, 2.05) is 24.5 Å². The van der Waals surface area contributed by atoms with E-state index >= 15 is 0 Å². The molecule has 0 unspecified atom stereocenters. The zero-order chi connectivity index (χ0) is 21.4. The van der Waals surface area contributed by atoms with Gasteiger partial charge in [0.25, 0.3) is 0 Å². The van der Waals surface area contributed by atoms with Crippen LogP contribution in [0.4, 0.5) is 0 Å². The molecule has 0 N–H and O–H groups in total. The van der Waals surface area contributed by atoms with E-state index in [0.717, 1.165) is 3.93 Å². The molecule has 1 aromatic carbocycles. The van der Waals surface area contributed by atoms with Gasteiger partial charge in [0.1, 0.15) is 0 Å². The molecule has 0 fully saturated rings. The van der Waals surface area contributed by atoms with Crippen LogP contribution in [0.2, 0.25) is 17.2 Å². The first kappa shape index (κ1) is 26.6. The number of hydrogen-bond donors (Lipinski definition) is 0. The summed E-state index contributed by atoms with van der Waals surface area (Å²) in [6, 6.07) is 10.3. The summed E-state index contributed by atoms with van der Waals surface area (Å²) in [6.45, 7) is 12.8. The van der Waals surface area contributed by atoms with Crippen molar-refractivity contribution in [3.63, 3.8) is 0 Å². The van der Waals surface area contributed by atoms with Crippen molar-refractivity contribution < 1.29 is 9.47 Å². The van der Waals surface area contributed by atoms with Crippen LogP contribution in [0.1, 0.15) is 78.7 Å². The van der Waals surface area contributed by atoms with Crippen LogP contribution < -0.4 is 0 Å². The molecule has 0 radical (unpaired) electrons. The number of unbranched alkanes of at least 4 members (excludes halogenated alkanes) is 3. The van der Waals surface area contributed by atoms with Crippen molar-refractivity contribution in [2.75, 3.05) is 6.79 Å². The van der Waals surface area contributed by atoms with Gasteiger partial charge >= 0.3 is 186 Å². The summed E-state index contributed by atoms with van der Waals surface area (Å²) < 4.78 is 16.9. The predicted molar refractivity (Wildman–Crippen MR) is 130 cm³/mol. The molecule has 1 rings (SSSR count). The van der Waals surface area contributed by atoms with E-state index in [9.17, 15) is 0 Å². The van der Waals surface area contributed by atoms with Crippen LogP contribution in [-0.4, -0.2) is 25.2 Å². The van der Waals surface area contributed by atoms with Gasteiger partial charge < -0.3 is 0 Å². The van der Waals surface area contributed by atoms with Crippen molar-refractivity contribution in [3.8, 4) is 0 Å². The Morgan fingerprint density at radius 3 is 1.90 bits per heavy atom. The SMILES string of the molecule is CCC[CH2][Sn]([CH2]CCC)([CH2]CCC)[C@H](/C=C\OCOCc1ccccc1)C(C)C. The second-order valence-electron chi connectivity index (χ2n) is 8.89. The molecule has 0 amide bonds. The maximum atomic E-state index is 5.78. The van der Waals surface area contributed by atoms with Crippen LogP contribution in [0.3, 0.4) is 0 Å². The molecule has 29 heavy (non-hydrogen) atoms. The third-order valence-corrected chi connectivity index (χ3v) is 24.2. The predicted octanol–water partition coefficient (Wildman–Crippen LogP) is 8.57. The summed E-state index contributed by atoms with van der Waals surface area (Å²) in [4.78, 5) is 0. The molecule has 0 saturated heterocycles. The summed E-state index contributed by atoms with van der Waals surface area (Å²) in [5.41, 5.74) is 1.19. The van der Waals surface area contributed by atoms with Crippen molar-refractivity contribution in [2.24, 2.45) is 5.92 Å². The van der Waals surface area contributed by atoms with E-state index < -0.39 is 18.4 Å². The third-order valence-electron chi connectivity index (χ3n) is 6.16. The van der Waals surface area contributed by atoms with Crippen LogP contribution in [-0.2, 0) is 16.1 Å². The van der Waals surface area contributed by atoms with Gasteiger partial charge in [-0.3, -0.25) is 0 Å². The van der Waals surface area contributed by atoms with Gasteiger partial charge in [0.05, 0.1) is 0 Å². The summed E-state index contributed by atoms with van der Waals surface area (Å²) >= 11 is -2.29. The Labute approximate surface area is 185 Å². The van der Waals surface area contributed by atoms with Gasteiger partial charge in [0.2, 0.25) is 0 Å². The minimum atomic E-state index is -2.29. The van der Waals surface area contributed by atoms with Gasteiger partial charge in [-0.1, -0.05) is 0 Å². The van der Waals surface area contributed by atoms with Crippen LogP contribution in [0.15, 0.2) is 42.7 Å². The Hall–Kier alpha value is -0.481. The summed E-state index contributed by atoms with van der Waals surface area (Å²) in [7, 11) is 0. The molecule has 1 atom stereocenters. The molecule has 0 heterocycles. The summed E-state index contributed by atoms with van der Waals surface area (Å²) in [5.74, 6) is 0.710. The standard InChI is InChI=1S/C14H19O2.3C4H9.Sn/c1-13(2)7-6-10-15-12-16-11-14-8-4-3-5-9-14;3*1-3-4-2;/h3-10,13H,11-12H2,1-2H3;3*1,3-4H2,2H3;/b10-6-;;;;. The first-order chi connectivity index (χ1) is 14.1. The first-order valence-electron chi connectivity index (χ1n) is 12.0. The molecule has 2 nitrogen and oxygen atoms in total. The van der Waals surface area contributed by atoms with Gasteiger partial charge in [-0.05, 0) is 0 Å². The molecule has 0 aromatic heterocycles. The Bertz CT molecular complexity index is 505. The van der Waals surface area contributed by atoms with E-state index in [4.69, 9.17) is 9.47 Å². The average molecular weight is 509 g/mol. The topological polar surface area (TPSA) is 18.5 Å². The normalized spacial score (nSPS) is 13.3. The van der Waals surface area contributed by atoms with Crippen molar-refractivity contribution in [3.05, 3.63) is 48.2 Å². The number of rotatable bonds is 17. The fourth-order valence-electron chi connectivity index (χ4n) is 4.56. The zero-order valence-corrected chi connectivity index (χ0v) is 22.6. The van der Waals surface area contributed by atoms with Gasteiger partial charge in [0.15, 0.2) is 0 Å². The average Bonchev–Trinajstić information content (AvgIpc) is 2.74.